The first-order valence-corrected chi connectivity index (χ1v) is 5.39. The van der Waals surface area contributed by atoms with Gasteiger partial charge in [-0.15, -0.1) is 0 Å². The van der Waals surface area contributed by atoms with Gasteiger partial charge in [-0.2, -0.15) is 4.98 Å². The summed E-state index contributed by atoms with van der Waals surface area (Å²) in [7, 11) is 0. The van der Waals surface area contributed by atoms with Crippen molar-refractivity contribution in [2.24, 2.45) is 11.8 Å². The highest BCUT2D eigenvalue weighted by Gasteiger charge is 2.36. The Kier molecular flexibility index (Phi) is 3.01. The molecule has 0 amide bonds. The predicted molar refractivity (Wildman–Crippen MR) is 60.3 cm³/mol. The Hall–Kier alpha value is -1.36. The largest absolute Gasteiger partial charge is 0.367 e. The van der Waals surface area contributed by atoms with Gasteiger partial charge in [0.15, 0.2) is 0 Å². The van der Waals surface area contributed by atoms with Gasteiger partial charge in [-0.25, -0.2) is 10.8 Å². The summed E-state index contributed by atoms with van der Waals surface area (Å²) >= 11 is 0. The standard InChI is InChI=1S/C10H17N5/c1-2-3-7-6-8(7)13-9-4-5-12-10(14-9)15-11/h4-5,7-8H,2-3,6,11H2,1H3,(H2,12,13,14,15). The van der Waals surface area contributed by atoms with E-state index < -0.39 is 0 Å². The maximum Gasteiger partial charge on any atom is 0.239 e. The SMILES string of the molecule is CCCC1CC1Nc1ccnc(NN)n1. The van der Waals surface area contributed by atoms with Crippen molar-refractivity contribution >= 4 is 11.8 Å². The number of hydrogen-bond acceptors (Lipinski definition) is 5. The number of nitrogens with one attached hydrogen (secondary N) is 2. The average Bonchev–Trinajstić information content (AvgIpc) is 2.97. The molecular formula is C10H17N5. The van der Waals surface area contributed by atoms with Crippen molar-refractivity contribution in [3.63, 3.8) is 0 Å². The van der Waals surface area contributed by atoms with Gasteiger partial charge in [-0.1, -0.05) is 13.3 Å². The van der Waals surface area contributed by atoms with Crippen molar-refractivity contribution < 1.29 is 0 Å². The predicted octanol–water partition coefficient (Wildman–Crippen LogP) is 1.36. The highest BCUT2D eigenvalue weighted by Crippen LogP contribution is 2.36. The molecule has 0 spiro atoms. The van der Waals surface area contributed by atoms with Crippen LogP contribution in [0.5, 0.6) is 0 Å². The molecule has 15 heavy (non-hydrogen) atoms. The first-order chi connectivity index (χ1) is 7.33. The van der Waals surface area contributed by atoms with Crippen molar-refractivity contribution in [3.8, 4) is 0 Å². The lowest BCUT2D eigenvalue weighted by atomic mass is 10.2. The van der Waals surface area contributed by atoms with Gasteiger partial charge in [0.1, 0.15) is 5.82 Å². The van der Waals surface area contributed by atoms with Crippen LogP contribution in [0.4, 0.5) is 11.8 Å². The van der Waals surface area contributed by atoms with Crippen LogP contribution in [0.3, 0.4) is 0 Å². The van der Waals surface area contributed by atoms with Crippen molar-refractivity contribution in [1.29, 1.82) is 0 Å². The minimum absolute atomic E-state index is 0.452. The summed E-state index contributed by atoms with van der Waals surface area (Å²) in [4.78, 5) is 8.16. The second-order valence-corrected chi connectivity index (χ2v) is 3.95. The van der Waals surface area contributed by atoms with Gasteiger partial charge in [-0.05, 0) is 24.8 Å². The molecule has 82 valence electrons. The number of hydrazine groups is 1. The van der Waals surface area contributed by atoms with Crippen LogP contribution in [-0.4, -0.2) is 16.0 Å². The lowest BCUT2D eigenvalue weighted by Gasteiger charge is -2.05. The lowest BCUT2D eigenvalue weighted by molar-refractivity contribution is 0.692. The Morgan fingerprint density at radius 1 is 1.60 bits per heavy atom. The number of nitrogens with zero attached hydrogens (tertiary/aromatic N) is 2. The average molecular weight is 207 g/mol. The molecule has 2 unspecified atom stereocenters. The zero-order valence-electron chi connectivity index (χ0n) is 8.90. The summed E-state index contributed by atoms with van der Waals surface area (Å²) < 4.78 is 0. The third kappa shape index (κ3) is 2.56. The van der Waals surface area contributed by atoms with Crippen molar-refractivity contribution in [2.45, 2.75) is 32.2 Å². The molecule has 1 aromatic heterocycles. The maximum atomic E-state index is 5.24. The Bertz CT molecular complexity index is 327. The van der Waals surface area contributed by atoms with E-state index in [2.05, 4.69) is 27.6 Å². The number of anilines is 2. The minimum atomic E-state index is 0.452. The summed E-state index contributed by atoms with van der Waals surface area (Å²) in [5.41, 5.74) is 2.44. The molecule has 0 radical (unpaired) electrons. The molecule has 0 bridgehead atoms. The normalized spacial score (nSPS) is 23.6. The van der Waals surface area contributed by atoms with Gasteiger partial charge in [0.2, 0.25) is 5.95 Å². The van der Waals surface area contributed by atoms with E-state index in [0.717, 1.165) is 11.7 Å². The van der Waals surface area contributed by atoms with E-state index in [1.807, 2.05) is 6.07 Å². The van der Waals surface area contributed by atoms with Gasteiger partial charge >= 0.3 is 0 Å². The monoisotopic (exact) mass is 207 g/mol. The van der Waals surface area contributed by atoms with E-state index in [-0.39, 0.29) is 0 Å². The number of aromatic nitrogens is 2. The van der Waals surface area contributed by atoms with Crippen LogP contribution >= 0.6 is 0 Å². The number of hydrogen-bond donors (Lipinski definition) is 3. The zero-order valence-corrected chi connectivity index (χ0v) is 8.90. The fourth-order valence-electron chi connectivity index (χ4n) is 1.81. The summed E-state index contributed by atoms with van der Waals surface area (Å²) in [6.45, 7) is 2.22. The van der Waals surface area contributed by atoms with E-state index >= 15 is 0 Å². The smallest absolute Gasteiger partial charge is 0.239 e. The molecule has 5 heteroatoms. The molecular weight excluding hydrogens is 190 g/mol. The van der Waals surface area contributed by atoms with Crippen LogP contribution < -0.4 is 16.6 Å². The molecule has 2 atom stereocenters. The molecule has 0 saturated heterocycles. The Labute approximate surface area is 89.5 Å². The Morgan fingerprint density at radius 3 is 3.20 bits per heavy atom. The first-order valence-electron chi connectivity index (χ1n) is 5.39. The van der Waals surface area contributed by atoms with E-state index in [1.54, 1.807) is 6.20 Å². The molecule has 2 rings (SSSR count). The summed E-state index contributed by atoms with van der Waals surface area (Å²) in [5, 5.41) is 3.38. The molecule has 4 N–H and O–H groups in total. The quantitative estimate of drug-likeness (QED) is 0.502. The van der Waals surface area contributed by atoms with Crippen LogP contribution in [0, 0.1) is 5.92 Å². The summed E-state index contributed by atoms with van der Waals surface area (Å²) in [5.74, 6) is 7.36. The molecule has 1 aliphatic carbocycles. The maximum absolute atomic E-state index is 5.24. The van der Waals surface area contributed by atoms with Crippen LogP contribution in [0.1, 0.15) is 26.2 Å². The van der Waals surface area contributed by atoms with Gasteiger partial charge in [0, 0.05) is 12.2 Å². The van der Waals surface area contributed by atoms with Crippen molar-refractivity contribution in [1.82, 2.24) is 9.97 Å². The third-order valence-corrected chi connectivity index (χ3v) is 2.70. The highest BCUT2D eigenvalue weighted by atomic mass is 15.3. The van der Waals surface area contributed by atoms with Crippen molar-refractivity contribution in [2.75, 3.05) is 10.7 Å². The van der Waals surface area contributed by atoms with Gasteiger partial charge in [-0.3, -0.25) is 5.43 Å². The fraction of sp³-hybridized carbons (Fsp3) is 0.600. The highest BCUT2D eigenvalue weighted by molar-refractivity contribution is 5.41. The van der Waals surface area contributed by atoms with Gasteiger partial charge < -0.3 is 5.32 Å². The molecule has 1 aliphatic rings. The second-order valence-electron chi connectivity index (χ2n) is 3.95. The number of nitrogen functional groups attached to an aromatic ring is 1. The van der Waals surface area contributed by atoms with Crippen LogP contribution in [0.15, 0.2) is 12.3 Å². The lowest BCUT2D eigenvalue weighted by Crippen LogP contribution is -2.12. The molecule has 5 nitrogen and oxygen atoms in total. The zero-order chi connectivity index (χ0) is 10.7. The van der Waals surface area contributed by atoms with Crippen LogP contribution in [-0.2, 0) is 0 Å². The molecule has 1 heterocycles. The van der Waals surface area contributed by atoms with E-state index in [9.17, 15) is 0 Å². The van der Waals surface area contributed by atoms with Crippen LogP contribution in [0.25, 0.3) is 0 Å². The Morgan fingerprint density at radius 2 is 2.47 bits per heavy atom. The Balaban J connectivity index is 1.89. The van der Waals surface area contributed by atoms with E-state index in [1.165, 1.54) is 19.3 Å². The van der Waals surface area contributed by atoms with E-state index in [4.69, 9.17) is 5.84 Å². The first kappa shape index (κ1) is 10.2. The minimum Gasteiger partial charge on any atom is -0.367 e. The molecule has 1 fully saturated rings. The fourth-order valence-corrected chi connectivity index (χ4v) is 1.81. The molecule has 0 aromatic carbocycles. The number of rotatable bonds is 5. The molecule has 1 saturated carbocycles. The van der Waals surface area contributed by atoms with Crippen LogP contribution in [0.2, 0.25) is 0 Å². The van der Waals surface area contributed by atoms with Crippen molar-refractivity contribution in [3.05, 3.63) is 12.3 Å². The van der Waals surface area contributed by atoms with Gasteiger partial charge in [0.25, 0.3) is 0 Å². The van der Waals surface area contributed by atoms with Gasteiger partial charge in [0.05, 0.1) is 0 Å². The molecule has 1 aromatic rings. The summed E-state index contributed by atoms with van der Waals surface area (Å²) in [6.07, 6.45) is 5.50. The topological polar surface area (TPSA) is 75.9 Å². The number of nitrogens with two attached hydrogens (primary N) is 1. The van der Waals surface area contributed by atoms with E-state index in [0.29, 0.717) is 12.0 Å². The second kappa shape index (κ2) is 4.44. The summed E-state index contributed by atoms with van der Waals surface area (Å²) in [6, 6.07) is 2.45. The molecule has 0 aliphatic heterocycles. The third-order valence-electron chi connectivity index (χ3n) is 2.70.